The molecule has 1 amide bonds. The number of carbonyl (C=O) groups excluding carboxylic acids is 1. The Labute approximate surface area is 115 Å². The topological polar surface area (TPSA) is 110 Å². The van der Waals surface area contributed by atoms with Gasteiger partial charge in [0.15, 0.2) is 5.69 Å². The Morgan fingerprint density at radius 1 is 1.45 bits per heavy atom. The molecule has 1 heterocycles. The lowest BCUT2D eigenvalue weighted by molar-refractivity contribution is -0.116. The number of aryl methyl sites for hydroxylation is 1. The minimum atomic E-state index is -1.22. The van der Waals surface area contributed by atoms with Gasteiger partial charge >= 0.3 is 5.97 Å². The van der Waals surface area contributed by atoms with Gasteiger partial charge in [-0.15, -0.1) is 0 Å². The Bertz CT molecular complexity index is 663. The first-order valence-electron chi connectivity index (χ1n) is 5.88. The fraction of sp³-hybridized carbons (Fsp3) is 0.154. The van der Waals surface area contributed by atoms with Crippen LogP contribution in [0.3, 0.4) is 0 Å². The number of nitrogen functional groups attached to an aromatic ring is 1. The number of aromatic carboxylic acids is 1. The van der Waals surface area contributed by atoms with Gasteiger partial charge in [-0.2, -0.15) is 5.10 Å². The van der Waals surface area contributed by atoms with Gasteiger partial charge in [0.25, 0.3) is 0 Å². The predicted octanol–water partition coefficient (Wildman–Crippen LogP) is 1.11. The quantitative estimate of drug-likeness (QED) is 0.773. The summed E-state index contributed by atoms with van der Waals surface area (Å²) in [6, 6.07) is 7.35. The summed E-state index contributed by atoms with van der Waals surface area (Å²) in [5.74, 6) is -1.53. The summed E-state index contributed by atoms with van der Waals surface area (Å²) < 4.78 is 1.20. The highest BCUT2D eigenvalue weighted by atomic mass is 16.4. The monoisotopic (exact) mass is 274 g/mol. The zero-order chi connectivity index (χ0) is 14.7. The van der Waals surface area contributed by atoms with Crippen LogP contribution in [0.15, 0.2) is 30.5 Å². The van der Waals surface area contributed by atoms with Crippen LogP contribution in [-0.4, -0.2) is 26.8 Å². The van der Waals surface area contributed by atoms with Gasteiger partial charge in [0, 0.05) is 11.9 Å². The molecule has 4 N–H and O–H groups in total. The Balaban J connectivity index is 2.05. The van der Waals surface area contributed by atoms with Crippen molar-refractivity contribution in [2.45, 2.75) is 13.5 Å². The fourth-order valence-corrected chi connectivity index (χ4v) is 1.75. The second kappa shape index (κ2) is 5.43. The Morgan fingerprint density at radius 3 is 2.80 bits per heavy atom. The normalized spacial score (nSPS) is 10.2. The molecule has 0 radical (unpaired) electrons. The summed E-state index contributed by atoms with van der Waals surface area (Å²) >= 11 is 0. The molecule has 7 nitrogen and oxygen atoms in total. The number of anilines is 2. The molecule has 0 bridgehead atoms. The number of benzene rings is 1. The number of carbonyl (C=O) groups is 2. The summed E-state index contributed by atoms with van der Waals surface area (Å²) in [7, 11) is 0. The van der Waals surface area contributed by atoms with Gasteiger partial charge in [-0.25, -0.2) is 4.79 Å². The smallest absolute Gasteiger partial charge is 0.358 e. The van der Waals surface area contributed by atoms with E-state index in [-0.39, 0.29) is 23.8 Å². The van der Waals surface area contributed by atoms with Crippen molar-refractivity contribution < 1.29 is 14.7 Å². The van der Waals surface area contributed by atoms with Crippen molar-refractivity contribution in [3.63, 3.8) is 0 Å². The lowest BCUT2D eigenvalue weighted by Crippen LogP contribution is -2.19. The van der Waals surface area contributed by atoms with Crippen LogP contribution in [0.5, 0.6) is 0 Å². The first-order valence-corrected chi connectivity index (χ1v) is 5.88. The molecule has 2 aromatic rings. The molecular weight excluding hydrogens is 260 g/mol. The number of nitrogens with one attached hydrogen (secondary N) is 1. The number of carboxylic acids is 1. The van der Waals surface area contributed by atoms with Crippen LogP contribution in [-0.2, 0) is 11.3 Å². The fourth-order valence-electron chi connectivity index (χ4n) is 1.75. The molecule has 2 rings (SSSR count). The zero-order valence-electron chi connectivity index (χ0n) is 10.8. The van der Waals surface area contributed by atoms with Crippen molar-refractivity contribution in [2.24, 2.45) is 0 Å². The van der Waals surface area contributed by atoms with Gasteiger partial charge in [0.05, 0.1) is 5.69 Å². The first-order chi connectivity index (χ1) is 9.45. The molecule has 1 aromatic heterocycles. The molecule has 0 atom stereocenters. The summed E-state index contributed by atoms with van der Waals surface area (Å²) in [6.07, 6.45) is 1.32. The summed E-state index contributed by atoms with van der Waals surface area (Å²) in [4.78, 5) is 22.6. The average molecular weight is 274 g/mol. The standard InChI is InChI=1S/C13H14N4O3/c1-8-3-2-4-9(5-8)15-11(18)7-17-6-10(14)12(16-17)13(19)20/h2-6H,7,14H2,1H3,(H,15,18)(H,19,20). The van der Waals surface area contributed by atoms with Gasteiger partial charge in [-0.1, -0.05) is 12.1 Å². The molecule has 0 aliphatic rings. The first kappa shape index (κ1) is 13.6. The highest BCUT2D eigenvalue weighted by molar-refractivity contribution is 5.92. The third-order valence-electron chi connectivity index (χ3n) is 2.60. The van der Waals surface area contributed by atoms with Crippen molar-refractivity contribution in [3.8, 4) is 0 Å². The summed E-state index contributed by atoms with van der Waals surface area (Å²) in [6.45, 7) is 1.81. The largest absolute Gasteiger partial charge is 0.476 e. The van der Waals surface area contributed by atoms with Gasteiger partial charge in [-0.3, -0.25) is 9.48 Å². The minimum Gasteiger partial charge on any atom is -0.476 e. The van der Waals surface area contributed by atoms with E-state index in [9.17, 15) is 9.59 Å². The maximum Gasteiger partial charge on any atom is 0.358 e. The highest BCUT2D eigenvalue weighted by Crippen LogP contribution is 2.11. The van der Waals surface area contributed by atoms with Gasteiger partial charge in [0.1, 0.15) is 6.54 Å². The van der Waals surface area contributed by atoms with Gasteiger partial charge < -0.3 is 16.2 Å². The second-order valence-corrected chi connectivity index (χ2v) is 4.35. The van der Waals surface area contributed by atoms with Crippen molar-refractivity contribution in [1.29, 1.82) is 0 Å². The molecule has 0 unspecified atom stereocenters. The van der Waals surface area contributed by atoms with E-state index in [4.69, 9.17) is 10.8 Å². The van der Waals surface area contributed by atoms with Crippen molar-refractivity contribution in [2.75, 3.05) is 11.1 Å². The van der Waals surface area contributed by atoms with E-state index in [1.807, 2.05) is 25.1 Å². The number of aromatic nitrogens is 2. The average Bonchev–Trinajstić information content (AvgIpc) is 2.70. The lowest BCUT2D eigenvalue weighted by atomic mass is 10.2. The Morgan fingerprint density at radius 2 is 2.20 bits per heavy atom. The number of hydrogen-bond acceptors (Lipinski definition) is 4. The zero-order valence-corrected chi connectivity index (χ0v) is 10.8. The third-order valence-corrected chi connectivity index (χ3v) is 2.60. The molecule has 0 spiro atoms. The molecule has 0 saturated heterocycles. The maximum absolute atomic E-state index is 11.8. The number of amides is 1. The molecule has 7 heteroatoms. The van der Waals surface area contributed by atoms with Crippen LogP contribution in [0.2, 0.25) is 0 Å². The van der Waals surface area contributed by atoms with Crippen LogP contribution in [0, 0.1) is 6.92 Å². The van der Waals surface area contributed by atoms with E-state index < -0.39 is 5.97 Å². The molecule has 0 saturated carbocycles. The van der Waals surface area contributed by atoms with Crippen LogP contribution < -0.4 is 11.1 Å². The van der Waals surface area contributed by atoms with E-state index in [1.165, 1.54) is 10.9 Å². The minimum absolute atomic E-state index is 0.0286. The van der Waals surface area contributed by atoms with Gasteiger partial charge in [0.2, 0.25) is 5.91 Å². The molecule has 0 aliphatic heterocycles. The SMILES string of the molecule is Cc1cccc(NC(=O)Cn2cc(N)c(C(=O)O)n2)c1. The number of nitrogens with two attached hydrogens (primary N) is 1. The number of hydrogen-bond donors (Lipinski definition) is 3. The third kappa shape index (κ3) is 3.14. The highest BCUT2D eigenvalue weighted by Gasteiger charge is 2.14. The van der Waals surface area contributed by atoms with E-state index in [1.54, 1.807) is 6.07 Å². The summed E-state index contributed by atoms with van der Waals surface area (Å²) in [5, 5.41) is 15.3. The van der Waals surface area contributed by atoms with Crippen LogP contribution in [0.4, 0.5) is 11.4 Å². The van der Waals surface area contributed by atoms with E-state index >= 15 is 0 Å². The van der Waals surface area contributed by atoms with Crippen LogP contribution >= 0.6 is 0 Å². The van der Waals surface area contributed by atoms with Crippen LogP contribution in [0.1, 0.15) is 16.1 Å². The second-order valence-electron chi connectivity index (χ2n) is 4.35. The molecule has 1 aromatic carbocycles. The predicted molar refractivity (Wildman–Crippen MR) is 73.4 cm³/mol. The molecule has 0 fully saturated rings. The Kier molecular flexibility index (Phi) is 3.69. The maximum atomic E-state index is 11.8. The number of nitrogens with zero attached hydrogens (tertiary/aromatic N) is 2. The molecular formula is C13H14N4O3. The number of rotatable bonds is 4. The Hall–Kier alpha value is -2.83. The van der Waals surface area contributed by atoms with Gasteiger partial charge in [-0.05, 0) is 24.6 Å². The van der Waals surface area contributed by atoms with E-state index in [0.29, 0.717) is 5.69 Å². The van der Waals surface area contributed by atoms with Crippen LogP contribution in [0.25, 0.3) is 0 Å². The van der Waals surface area contributed by atoms with E-state index in [2.05, 4.69) is 10.4 Å². The van der Waals surface area contributed by atoms with Crippen molar-refractivity contribution in [1.82, 2.24) is 9.78 Å². The van der Waals surface area contributed by atoms with Crippen molar-refractivity contribution >= 4 is 23.3 Å². The summed E-state index contributed by atoms with van der Waals surface area (Å²) in [5.41, 5.74) is 6.97. The molecule has 104 valence electrons. The molecule has 20 heavy (non-hydrogen) atoms. The lowest BCUT2D eigenvalue weighted by Gasteiger charge is -2.05. The molecule has 0 aliphatic carbocycles. The van der Waals surface area contributed by atoms with Crippen molar-refractivity contribution in [3.05, 3.63) is 41.7 Å². The number of carboxylic acid groups (broad SMARTS) is 1. The van der Waals surface area contributed by atoms with E-state index in [0.717, 1.165) is 5.56 Å².